The lowest BCUT2D eigenvalue weighted by atomic mass is 10.2. The Bertz CT molecular complexity index is 849. The van der Waals surface area contributed by atoms with Gasteiger partial charge >= 0.3 is 0 Å². The average molecular weight is 407 g/mol. The third kappa shape index (κ3) is 5.13. The summed E-state index contributed by atoms with van der Waals surface area (Å²) in [6, 6.07) is 13.5. The van der Waals surface area contributed by atoms with E-state index in [0.29, 0.717) is 10.0 Å². The number of halogens is 2. The molecular weight excluding hydrogens is 387 g/mol. The van der Waals surface area contributed by atoms with E-state index in [0.717, 1.165) is 40.9 Å². The molecule has 26 heavy (non-hydrogen) atoms. The van der Waals surface area contributed by atoms with Crippen LogP contribution in [0.15, 0.2) is 47.8 Å². The number of hydrogen-bond donors (Lipinski definition) is 1. The molecule has 0 amide bonds. The van der Waals surface area contributed by atoms with Crippen LogP contribution >= 0.6 is 34.5 Å². The third-order valence-electron chi connectivity index (χ3n) is 3.84. The predicted octanol–water partition coefficient (Wildman–Crippen LogP) is 7.43. The summed E-state index contributed by atoms with van der Waals surface area (Å²) < 4.78 is 5.73. The molecule has 0 spiro atoms. The normalized spacial score (nSPS) is 10.7. The van der Waals surface area contributed by atoms with E-state index < -0.39 is 0 Å². The summed E-state index contributed by atoms with van der Waals surface area (Å²) in [5, 5.41) is 7.20. The van der Waals surface area contributed by atoms with E-state index in [1.807, 2.05) is 41.8 Å². The molecule has 3 rings (SSSR count). The van der Waals surface area contributed by atoms with Gasteiger partial charge in [-0.15, -0.1) is 11.3 Å². The lowest BCUT2D eigenvalue weighted by molar-refractivity contribution is 0.306. The predicted molar refractivity (Wildman–Crippen MR) is 112 cm³/mol. The van der Waals surface area contributed by atoms with Gasteiger partial charge < -0.3 is 10.1 Å². The van der Waals surface area contributed by atoms with Crippen LogP contribution in [0.5, 0.6) is 5.75 Å². The maximum Gasteiger partial charge on any atom is 0.187 e. The minimum atomic E-state index is 0.529. The number of aromatic nitrogens is 1. The molecule has 0 aliphatic rings. The van der Waals surface area contributed by atoms with Gasteiger partial charge in [-0.3, -0.25) is 0 Å². The molecule has 3 aromatic rings. The lowest BCUT2D eigenvalue weighted by Gasteiger charge is -2.07. The van der Waals surface area contributed by atoms with Gasteiger partial charge in [-0.05, 0) is 42.8 Å². The van der Waals surface area contributed by atoms with Gasteiger partial charge in [0.25, 0.3) is 0 Å². The number of benzene rings is 2. The van der Waals surface area contributed by atoms with Crippen LogP contribution in [0.3, 0.4) is 0 Å². The summed E-state index contributed by atoms with van der Waals surface area (Å²) in [7, 11) is 0. The Labute approximate surface area is 168 Å². The minimum absolute atomic E-state index is 0.529. The van der Waals surface area contributed by atoms with Crippen LogP contribution in [-0.2, 0) is 0 Å². The van der Waals surface area contributed by atoms with Crippen molar-refractivity contribution in [3.05, 3.63) is 57.9 Å². The van der Waals surface area contributed by atoms with Crippen molar-refractivity contribution in [1.82, 2.24) is 4.98 Å². The highest BCUT2D eigenvalue weighted by atomic mass is 35.5. The van der Waals surface area contributed by atoms with E-state index in [-0.39, 0.29) is 0 Å². The number of anilines is 2. The zero-order chi connectivity index (χ0) is 18.4. The molecule has 0 aliphatic heterocycles. The first-order valence-corrected chi connectivity index (χ1v) is 10.2. The Morgan fingerprint density at radius 1 is 1.04 bits per heavy atom. The number of thiazole rings is 1. The SMILES string of the molecule is CCCCCOc1ccc(Nc2nc(-c3ccc(Cl)c(Cl)c3)cs2)cc1. The molecule has 3 nitrogen and oxygen atoms in total. The van der Waals surface area contributed by atoms with Crippen LogP contribution < -0.4 is 10.1 Å². The Morgan fingerprint density at radius 2 is 1.85 bits per heavy atom. The first-order valence-electron chi connectivity index (χ1n) is 8.56. The molecule has 1 heterocycles. The fraction of sp³-hybridized carbons (Fsp3) is 0.250. The number of ether oxygens (including phenoxy) is 1. The molecule has 2 aromatic carbocycles. The molecule has 0 saturated carbocycles. The Hall–Kier alpha value is -1.75. The minimum Gasteiger partial charge on any atom is -0.494 e. The van der Waals surface area contributed by atoms with Crippen molar-refractivity contribution in [2.75, 3.05) is 11.9 Å². The summed E-state index contributed by atoms with van der Waals surface area (Å²) in [6.07, 6.45) is 3.49. The molecule has 0 bridgehead atoms. The molecule has 0 saturated heterocycles. The van der Waals surface area contributed by atoms with Crippen molar-refractivity contribution in [2.24, 2.45) is 0 Å². The topological polar surface area (TPSA) is 34.1 Å². The highest BCUT2D eigenvalue weighted by molar-refractivity contribution is 7.14. The van der Waals surface area contributed by atoms with Crippen molar-refractivity contribution in [1.29, 1.82) is 0 Å². The zero-order valence-electron chi connectivity index (χ0n) is 14.5. The first-order chi connectivity index (χ1) is 12.7. The molecule has 1 aromatic heterocycles. The molecule has 0 aliphatic carbocycles. The first kappa shape index (κ1) is 19.0. The highest BCUT2D eigenvalue weighted by Crippen LogP contribution is 2.31. The van der Waals surface area contributed by atoms with Gasteiger partial charge in [-0.2, -0.15) is 0 Å². The van der Waals surface area contributed by atoms with Crippen molar-refractivity contribution >= 4 is 45.4 Å². The highest BCUT2D eigenvalue weighted by Gasteiger charge is 2.07. The zero-order valence-corrected chi connectivity index (χ0v) is 16.8. The summed E-state index contributed by atoms with van der Waals surface area (Å²) in [5.74, 6) is 0.891. The summed E-state index contributed by atoms with van der Waals surface area (Å²) in [6.45, 7) is 2.95. The number of hydrogen-bond acceptors (Lipinski definition) is 4. The van der Waals surface area contributed by atoms with E-state index in [9.17, 15) is 0 Å². The van der Waals surface area contributed by atoms with Crippen LogP contribution in [0, 0.1) is 0 Å². The Kier molecular flexibility index (Phi) is 6.78. The Morgan fingerprint density at radius 3 is 2.58 bits per heavy atom. The van der Waals surface area contributed by atoms with Gasteiger partial charge in [0.2, 0.25) is 0 Å². The van der Waals surface area contributed by atoms with Crippen LogP contribution in [0.25, 0.3) is 11.3 Å². The van der Waals surface area contributed by atoms with Crippen LogP contribution in [-0.4, -0.2) is 11.6 Å². The van der Waals surface area contributed by atoms with Crippen molar-refractivity contribution < 1.29 is 4.74 Å². The van der Waals surface area contributed by atoms with Gasteiger partial charge in [0.05, 0.1) is 22.3 Å². The van der Waals surface area contributed by atoms with E-state index in [4.69, 9.17) is 27.9 Å². The van der Waals surface area contributed by atoms with Crippen molar-refractivity contribution in [3.63, 3.8) is 0 Å². The molecule has 0 radical (unpaired) electrons. The number of rotatable bonds is 8. The van der Waals surface area contributed by atoms with E-state index in [1.54, 1.807) is 17.4 Å². The molecule has 0 fully saturated rings. The van der Waals surface area contributed by atoms with Crippen LogP contribution in [0.2, 0.25) is 10.0 Å². The maximum absolute atomic E-state index is 6.08. The molecule has 136 valence electrons. The fourth-order valence-corrected chi connectivity index (χ4v) is 3.46. The second-order valence-electron chi connectivity index (χ2n) is 5.87. The van der Waals surface area contributed by atoms with Gasteiger partial charge in [0.15, 0.2) is 5.13 Å². The largest absolute Gasteiger partial charge is 0.494 e. The molecule has 1 N–H and O–H groups in total. The van der Waals surface area contributed by atoms with Crippen LogP contribution in [0.1, 0.15) is 26.2 Å². The van der Waals surface area contributed by atoms with Gasteiger partial charge in [-0.25, -0.2) is 4.98 Å². The molecule has 6 heteroatoms. The number of nitrogens with zero attached hydrogens (tertiary/aromatic N) is 1. The summed E-state index contributed by atoms with van der Waals surface area (Å²) >= 11 is 13.6. The monoisotopic (exact) mass is 406 g/mol. The number of unbranched alkanes of at least 4 members (excludes halogenated alkanes) is 2. The average Bonchev–Trinajstić information content (AvgIpc) is 3.11. The van der Waals surface area contributed by atoms with Crippen molar-refractivity contribution in [3.8, 4) is 17.0 Å². The van der Waals surface area contributed by atoms with E-state index in [2.05, 4.69) is 17.2 Å². The van der Waals surface area contributed by atoms with Crippen LogP contribution in [0.4, 0.5) is 10.8 Å². The molecule has 0 atom stereocenters. The maximum atomic E-state index is 6.08. The summed E-state index contributed by atoms with van der Waals surface area (Å²) in [4.78, 5) is 4.61. The molecule has 0 unspecified atom stereocenters. The Balaban J connectivity index is 1.61. The van der Waals surface area contributed by atoms with E-state index in [1.165, 1.54) is 12.8 Å². The van der Waals surface area contributed by atoms with Gasteiger partial charge in [0.1, 0.15) is 5.75 Å². The smallest absolute Gasteiger partial charge is 0.187 e. The van der Waals surface area contributed by atoms with E-state index >= 15 is 0 Å². The third-order valence-corrected chi connectivity index (χ3v) is 5.34. The van der Waals surface area contributed by atoms with Gasteiger partial charge in [0, 0.05) is 16.6 Å². The lowest BCUT2D eigenvalue weighted by Crippen LogP contribution is -1.97. The number of nitrogens with one attached hydrogen (secondary N) is 1. The van der Waals surface area contributed by atoms with Gasteiger partial charge in [-0.1, -0.05) is 49.0 Å². The fourth-order valence-electron chi connectivity index (χ4n) is 2.42. The second kappa shape index (κ2) is 9.26. The second-order valence-corrected chi connectivity index (χ2v) is 7.54. The summed E-state index contributed by atoms with van der Waals surface area (Å²) in [5.41, 5.74) is 2.78. The molecular formula is C20H20Cl2N2OS. The van der Waals surface area contributed by atoms with Crippen molar-refractivity contribution in [2.45, 2.75) is 26.2 Å². The quantitative estimate of drug-likeness (QED) is 0.394. The standard InChI is InChI=1S/C20H20Cl2N2OS/c1-2-3-4-11-25-16-8-6-15(7-9-16)23-20-24-19(13-26-20)14-5-10-17(21)18(22)12-14/h5-10,12-13H,2-4,11H2,1H3,(H,23,24).